The van der Waals surface area contributed by atoms with Crippen LogP contribution < -0.4 is 10.5 Å². The van der Waals surface area contributed by atoms with E-state index in [1.54, 1.807) is 22.9 Å². The third kappa shape index (κ3) is 5.31. The summed E-state index contributed by atoms with van der Waals surface area (Å²) in [5, 5.41) is 6.30. The molecule has 12 heteroatoms. The van der Waals surface area contributed by atoms with Gasteiger partial charge in [-0.05, 0) is 66.9 Å². The Hall–Kier alpha value is -4.74. The van der Waals surface area contributed by atoms with Crippen LogP contribution in [-0.2, 0) is 17.8 Å². The molecule has 42 heavy (non-hydrogen) atoms. The van der Waals surface area contributed by atoms with Crippen LogP contribution in [0.15, 0.2) is 71.8 Å². The number of hydrogen-bond donors (Lipinski definition) is 0. The van der Waals surface area contributed by atoms with E-state index >= 15 is 0 Å². The van der Waals surface area contributed by atoms with Crippen LogP contribution in [0.1, 0.15) is 11.1 Å². The average molecular weight is 579 g/mol. The predicted octanol–water partition coefficient (Wildman–Crippen LogP) is 4.64. The van der Waals surface area contributed by atoms with Crippen molar-refractivity contribution in [1.82, 2.24) is 24.2 Å². The van der Waals surface area contributed by atoms with Gasteiger partial charge in [-0.25, -0.2) is 9.07 Å². The predicted molar refractivity (Wildman–Crippen MR) is 150 cm³/mol. The van der Waals surface area contributed by atoms with Crippen molar-refractivity contribution in [3.8, 4) is 5.82 Å². The molecule has 1 amide bonds. The van der Waals surface area contributed by atoms with Gasteiger partial charge in [-0.1, -0.05) is 6.07 Å². The summed E-state index contributed by atoms with van der Waals surface area (Å²) >= 11 is 0. The third-order valence-corrected chi connectivity index (χ3v) is 7.58. The summed E-state index contributed by atoms with van der Waals surface area (Å²) in [6, 6.07) is 15.3. The van der Waals surface area contributed by atoms with E-state index < -0.39 is 12.1 Å². The summed E-state index contributed by atoms with van der Waals surface area (Å²) in [6.45, 7) is 2.73. The lowest BCUT2D eigenvalue weighted by molar-refractivity contribution is -0.185. The number of halogens is 4. The van der Waals surface area contributed by atoms with E-state index in [1.807, 2.05) is 42.3 Å². The lowest BCUT2D eigenvalue weighted by Crippen LogP contribution is -2.52. The van der Waals surface area contributed by atoms with Crippen LogP contribution >= 0.6 is 0 Å². The molecule has 0 aliphatic carbocycles. The number of carbonyl (C=O) groups is 1. The second kappa shape index (κ2) is 10.6. The van der Waals surface area contributed by atoms with Gasteiger partial charge in [0.2, 0.25) is 0 Å². The molecule has 1 aliphatic heterocycles. The molecule has 0 saturated carbocycles. The van der Waals surface area contributed by atoms with Crippen molar-refractivity contribution >= 4 is 33.4 Å². The van der Waals surface area contributed by atoms with Crippen molar-refractivity contribution in [3.05, 3.63) is 94.3 Å². The fourth-order valence-corrected chi connectivity index (χ4v) is 5.37. The quantitative estimate of drug-likeness (QED) is 0.284. The topological polar surface area (TPSA) is 76.3 Å². The molecule has 1 saturated heterocycles. The van der Waals surface area contributed by atoms with E-state index in [-0.39, 0.29) is 37.6 Å². The van der Waals surface area contributed by atoms with Gasteiger partial charge >= 0.3 is 12.1 Å². The van der Waals surface area contributed by atoms with E-state index in [0.717, 1.165) is 38.0 Å². The zero-order valence-corrected chi connectivity index (χ0v) is 22.6. The summed E-state index contributed by atoms with van der Waals surface area (Å²) in [4.78, 5) is 31.4. The molecule has 3 aromatic heterocycles. The number of anilines is 1. The molecule has 0 radical (unpaired) electrons. The molecule has 4 heterocycles. The van der Waals surface area contributed by atoms with Gasteiger partial charge in [0, 0.05) is 55.8 Å². The molecule has 6 rings (SSSR count). The maximum atomic E-state index is 14.0. The number of pyridine rings is 1. The summed E-state index contributed by atoms with van der Waals surface area (Å²) in [5.41, 5.74) is 3.83. The summed E-state index contributed by atoms with van der Waals surface area (Å²) in [5.74, 6) is -1.67. The maximum absolute atomic E-state index is 14.0. The van der Waals surface area contributed by atoms with Crippen LogP contribution in [0.3, 0.4) is 0 Å². The van der Waals surface area contributed by atoms with Gasteiger partial charge in [0.25, 0.3) is 5.56 Å². The zero-order valence-electron chi connectivity index (χ0n) is 22.6. The number of hydrogen-bond acceptors (Lipinski definition) is 5. The fraction of sp³-hybridized carbons (Fsp3) is 0.267. The first kappa shape index (κ1) is 27.4. The molecule has 1 aliphatic rings. The Balaban J connectivity index is 1.19. The van der Waals surface area contributed by atoms with Crippen molar-refractivity contribution < 1.29 is 22.4 Å². The number of carbonyl (C=O) groups excluding carboxylic acids is 1. The molecule has 5 aromatic rings. The van der Waals surface area contributed by atoms with E-state index in [0.29, 0.717) is 24.3 Å². The largest absolute Gasteiger partial charge is 0.471 e. The highest BCUT2D eigenvalue weighted by atomic mass is 19.4. The monoisotopic (exact) mass is 578 g/mol. The number of amides is 1. The smallest absolute Gasteiger partial charge is 0.367 e. The summed E-state index contributed by atoms with van der Waals surface area (Å²) in [6.07, 6.45) is -0.824. The Kier molecular flexibility index (Phi) is 6.91. The Morgan fingerprint density at radius 2 is 1.76 bits per heavy atom. The van der Waals surface area contributed by atoms with E-state index in [4.69, 9.17) is 0 Å². The minimum atomic E-state index is -4.87. The second-order valence-electron chi connectivity index (χ2n) is 10.3. The number of fused-ring (bicyclic) bond motifs is 2. The molecular weight excluding hydrogens is 552 g/mol. The van der Waals surface area contributed by atoms with Gasteiger partial charge < -0.3 is 9.80 Å². The lowest BCUT2D eigenvalue weighted by Gasteiger charge is -2.36. The van der Waals surface area contributed by atoms with Crippen molar-refractivity contribution in [3.63, 3.8) is 0 Å². The first-order valence-electron chi connectivity index (χ1n) is 13.4. The highest BCUT2D eigenvalue weighted by Gasteiger charge is 2.43. The van der Waals surface area contributed by atoms with Gasteiger partial charge in [0.1, 0.15) is 5.82 Å². The minimum Gasteiger partial charge on any atom is -0.367 e. The summed E-state index contributed by atoms with van der Waals surface area (Å²) in [7, 11) is 0. The second-order valence-corrected chi connectivity index (χ2v) is 10.3. The van der Waals surface area contributed by atoms with Gasteiger partial charge in [-0.3, -0.25) is 19.1 Å². The standard InChI is InChI=1S/C30H26F4N6O2/c1-19-18-39(26-16-22(31)3-4-24(19)26)27-6-7-28(41)40(36-27)9-8-20-2-5-25-21(14-20)15-23(17-35-25)37-10-12-38(13-11-37)29(42)30(32,33)34/h2-7,14-18H,8-13H2,1H3. The van der Waals surface area contributed by atoms with E-state index in [9.17, 15) is 27.2 Å². The number of aromatic nitrogens is 4. The number of rotatable bonds is 5. The molecule has 0 spiro atoms. The molecule has 216 valence electrons. The summed E-state index contributed by atoms with van der Waals surface area (Å²) < 4.78 is 55.5. The molecule has 0 bridgehead atoms. The highest BCUT2D eigenvalue weighted by molar-refractivity contribution is 5.85. The SMILES string of the molecule is Cc1cn(-c2ccc(=O)n(CCc3ccc4ncc(N5CCN(C(=O)C(F)(F)F)CC5)cc4c3)n2)c2cc(F)ccc12. The van der Waals surface area contributed by atoms with Gasteiger partial charge in [-0.15, -0.1) is 0 Å². The molecule has 0 atom stereocenters. The van der Waals surface area contributed by atoms with Crippen molar-refractivity contribution in [2.24, 2.45) is 0 Å². The Bertz CT molecular complexity index is 1870. The van der Waals surface area contributed by atoms with Gasteiger partial charge in [0.15, 0.2) is 5.82 Å². The van der Waals surface area contributed by atoms with E-state index in [1.165, 1.54) is 22.9 Å². The van der Waals surface area contributed by atoms with Crippen LogP contribution in [0.5, 0.6) is 0 Å². The van der Waals surface area contributed by atoms with Crippen LogP contribution in [0.4, 0.5) is 23.2 Å². The van der Waals surface area contributed by atoms with Crippen molar-refractivity contribution in [1.29, 1.82) is 0 Å². The normalized spacial score (nSPS) is 14.2. The Morgan fingerprint density at radius 1 is 0.976 bits per heavy atom. The van der Waals surface area contributed by atoms with Crippen LogP contribution in [0, 0.1) is 12.7 Å². The number of piperazine rings is 1. The molecule has 0 unspecified atom stereocenters. The number of aryl methyl sites for hydroxylation is 3. The van der Waals surface area contributed by atoms with Crippen LogP contribution in [0.2, 0.25) is 0 Å². The molecular formula is C30H26F4N6O2. The zero-order chi connectivity index (χ0) is 29.6. The first-order valence-corrected chi connectivity index (χ1v) is 13.4. The first-order chi connectivity index (χ1) is 20.1. The van der Waals surface area contributed by atoms with E-state index in [2.05, 4.69) is 10.1 Å². The molecule has 0 N–H and O–H groups in total. The Labute approximate surface area is 237 Å². The Morgan fingerprint density at radius 3 is 2.52 bits per heavy atom. The van der Waals surface area contributed by atoms with Crippen molar-refractivity contribution in [2.75, 3.05) is 31.1 Å². The lowest BCUT2D eigenvalue weighted by atomic mass is 10.1. The third-order valence-electron chi connectivity index (χ3n) is 7.58. The van der Waals surface area contributed by atoms with Crippen LogP contribution in [0.25, 0.3) is 27.6 Å². The maximum Gasteiger partial charge on any atom is 0.471 e. The number of benzene rings is 2. The van der Waals surface area contributed by atoms with Gasteiger partial charge in [0.05, 0.1) is 22.9 Å². The molecule has 8 nitrogen and oxygen atoms in total. The number of alkyl halides is 3. The van der Waals surface area contributed by atoms with Crippen LogP contribution in [-0.4, -0.2) is 62.5 Å². The molecule has 2 aromatic carbocycles. The highest BCUT2D eigenvalue weighted by Crippen LogP contribution is 2.26. The molecule has 1 fully saturated rings. The average Bonchev–Trinajstić information content (AvgIpc) is 3.30. The van der Waals surface area contributed by atoms with Gasteiger partial charge in [-0.2, -0.15) is 18.3 Å². The van der Waals surface area contributed by atoms with Crippen molar-refractivity contribution in [2.45, 2.75) is 26.1 Å². The fourth-order valence-electron chi connectivity index (χ4n) is 5.37. The minimum absolute atomic E-state index is 0.0233. The number of nitrogens with zero attached hydrogens (tertiary/aromatic N) is 6.